The molecule has 5 nitrogen and oxygen atoms in total. The van der Waals surface area contributed by atoms with Crippen molar-refractivity contribution in [2.24, 2.45) is 0 Å². The molecule has 0 aromatic heterocycles. The lowest BCUT2D eigenvalue weighted by atomic mass is 10.1. The van der Waals surface area contributed by atoms with Gasteiger partial charge in [-0.2, -0.15) is 0 Å². The van der Waals surface area contributed by atoms with Crippen molar-refractivity contribution >= 4 is 39.1 Å². The number of fused-ring (bicyclic) bond motifs is 1. The van der Waals surface area contributed by atoms with Gasteiger partial charge in [-0.05, 0) is 38.2 Å². The molecule has 2 amide bonds. The van der Waals surface area contributed by atoms with Gasteiger partial charge in [-0.1, -0.05) is 15.9 Å². The number of nitrogens with one attached hydrogen (secondary N) is 1. The average molecular weight is 354 g/mol. The Morgan fingerprint density at radius 2 is 2.10 bits per heavy atom. The smallest absolute Gasteiger partial charge is 0.228 e. The van der Waals surface area contributed by atoms with Crippen molar-refractivity contribution in [3.63, 3.8) is 0 Å². The van der Waals surface area contributed by atoms with E-state index in [1.807, 2.05) is 31.1 Å². The van der Waals surface area contributed by atoms with Crippen LogP contribution >= 0.6 is 15.9 Å². The second kappa shape index (κ2) is 6.58. The highest BCUT2D eigenvalue weighted by molar-refractivity contribution is 9.10. The number of rotatable bonds is 4. The summed E-state index contributed by atoms with van der Waals surface area (Å²) in [6.45, 7) is 2.86. The summed E-state index contributed by atoms with van der Waals surface area (Å²) in [6, 6.07) is 3.86. The van der Waals surface area contributed by atoms with Crippen LogP contribution in [0.4, 0.5) is 11.4 Å². The molecule has 2 rings (SSSR count). The van der Waals surface area contributed by atoms with Crippen LogP contribution in [0.3, 0.4) is 0 Å². The summed E-state index contributed by atoms with van der Waals surface area (Å²) >= 11 is 3.45. The van der Waals surface area contributed by atoms with Gasteiger partial charge in [0.05, 0.1) is 11.4 Å². The van der Waals surface area contributed by atoms with Crippen LogP contribution in [-0.2, 0) is 16.0 Å². The Kier molecular flexibility index (Phi) is 5.00. The molecule has 0 aliphatic carbocycles. The van der Waals surface area contributed by atoms with Gasteiger partial charge in [0, 0.05) is 30.9 Å². The van der Waals surface area contributed by atoms with Gasteiger partial charge in [0.2, 0.25) is 11.8 Å². The first-order valence-electron chi connectivity index (χ1n) is 6.93. The van der Waals surface area contributed by atoms with Crippen molar-refractivity contribution < 1.29 is 9.59 Å². The first kappa shape index (κ1) is 16.0. The van der Waals surface area contributed by atoms with Gasteiger partial charge in [-0.15, -0.1) is 0 Å². The van der Waals surface area contributed by atoms with Crippen molar-refractivity contribution in [3.8, 4) is 0 Å². The minimum Gasteiger partial charge on any atom is -0.324 e. The lowest BCUT2D eigenvalue weighted by molar-refractivity contribution is -0.118. The zero-order chi connectivity index (χ0) is 15.6. The molecular formula is C15H20BrN3O2. The minimum absolute atomic E-state index is 0.0939. The monoisotopic (exact) mass is 353 g/mol. The van der Waals surface area contributed by atoms with E-state index >= 15 is 0 Å². The predicted molar refractivity (Wildman–Crippen MR) is 87.7 cm³/mol. The molecule has 0 saturated carbocycles. The van der Waals surface area contributed by atoms with Crippen molar-refractivity contribution in [2.45, 2.75) is 19.8 Å². The molecular weight excluding hydrogens is 334 g/mol. The van der Waals surface area contributed by atoms with Crippen LogP contribution in [0.15, 0.2) is 16.6 Å². The lowest BCUT2D eigenvalue weighted by Gasteiger charge is -2.21. The number of anilines is 2. The summed E-state index contributed by atoms with van der Waals surface area (Å²) < 4.78 is 0.910. The highest BCUT2D eigenvalue weighted by Crippen LogP contribution is 2.38. The number of halogens is 1. The molecule has 1 aliphatic heterocycles. The molecule has 1 N–H and O–H groups in total. The fraction of sp³-hybridized carbons (Fsp3) is 0.467. The number of carbonyl (C=O) groups is 2. The number of carbonyl (C=O) groups excluding carboxylic acids is 2. The number of nitrogens with zero attached hydrogens (tertiary/aromatic N) is 2. The van der Waals surface area contributed by atoms with Gasteiger partial charge in [0.25, 0.3) is 0 Å². The van der Waals surface area contributed by atoms with Crippen molar-refractivity contribution in [3.05, 3.63) is 22.2 Å². The van der Waals surface area contributed by atoms with E-state index in [4.69, 9.17) is 0 Å². The predicted octanol–water partition coefficient (Wildman–Crippen LogP) is 2.25. The molecule has 1 heterocycles. The van der Waals surface area contributed by atoms with E-state index in [-0.39, 0.29) is 11.8 Å². The molecule has 0 unspecified atom stereocenters. The third-order valence-electron chi connectivity index (χ3n) is 3.41. The second-order valence-electron chi connectivity index (χ2n) is 5.49. The SMILES string of the molecule is CC(=O)Nc1cc(Br)cc2c1N(C(=O)CCN(C)C)CC2. The maximum absolute atomic E-state index is 12.4. The molecule has 1 aromatic carbocycles. The summed E-state index contributed by atoms with van der Waals surface area (Å²) in [5.41, 5.74) is 2.63. The maximum Gasteiger partial charge on any atom is 0.228 e. The van der Waals surface area contributed by atoms with E-state index < -0.39 is 0 Å². The molecule has 0 spiro atoms. The van der Waals surface area contributed by atoms with Crippen LogP contribution in [0.25, 0.3) is 0 Å². The Hall–Kier alpha value is -1.40. The summed E-state index contributed by atoms with van der Waals surface area (Å²) in [4.78, 5) is 27.6. The Balaban J connectivity index is 2.28. The molecule has 0 bridgehead atoms. The molecule has 0 saturated heterocycles. The van der Waals surface area contributed by atoms with Crippen LogP contribution in [0.1, 0.15) is 18.9 Å². The Morgan fingerprint density at radius 3 is 2.71 bits per heavy atom. The highest BCUT2D eigenvalue weighted by Gasteiger charge is 2.28. The second-order valence-corrected chi connectivity index (χ2v) is 6.41. The molecule has 0 radical (unpaired) electrons. The zero-order valence-electron chi connectivity index (χ0n) is 12.6. The quantitative estimate of drug-likeness (QED) is 0.902. The molecule has 1 aliphatic rings. The van der Waals surface area contributed by atoms with E-state index in [9.17, 15) is 9.59 Å². The molecule has 0 fully saturated rings. The number of hydrogen-bond acceptors (Lipinski definition) is 3. The van der Waals surface area contributed by atoms with Gasteiger partial charge in [0.1, 0.15) is 0 Å². The van der Waals surface area contributed by atoms with Crippen molar-refractivity contribution in [1.82, 2.24) is 4.90 Å². The summed E-state index contributed by atoms with van der Waals surface area (Å²) in [5, 5.41) is 2.82. The third-order valence-corrected chi connectivity index (χ3v) is 3.87. The number of benzene rings is 1. The Morgan fingerprint density at radius 1 is 1.38 bits per heavy atom. The van der Waals surface area contributed by atoms with Crippen LogP contribution in [0, 0.1) is 0 Å². The molecule has 0 atom stereocenters. The summed E-state index contributed by atoms with van der Waals surface area (Å²) in [5.74, 6) is -0.0423. The minimum atomic E-state index is -0.136. The summed E-state index contributed by atoms with van der Waals surface area (Å²) in [6.07, 6.45) is 1.29. The van der Waals surface area contributed by atoms with E-state index in [2.05, 4.69) is 21.2 Å². The van der Waals surface area contributed by atoms with Gasteiger partial charge in [0.15, 0.2) is 0 Å². The van der Waals surface area contributed by atoms with E-state index in [0.29, 0.717) is 18.7 Å². The largest absolute Gasteiger partial charge is 0.324 e. The average Bonchev–Trinajstić information content (AvgIpc) is 2.78. The molecule has 1 aromatic rings. The topological polar surface area (TPSA) is 52.7 Å². The van der Waals surface area contributed by atoms with Crippen molar-refractivity contribution in [2.75, 3.05) is 37.4 Å². The molecule has 6 heteroatoms. The third kappa shape index (κ3) is 3.83. The van der Waals surface area contributed by atoms with E-state index in [1.54, 1.807) is 4.90 Å². The first-order chi connectivity index (χ1) is 9.88. The summed E-state index contributed by atoms with van der Waals surface area (Å²) in [7, 11) is 3.90. The van der Waals surface area contributed by atoms with Crippen LogP contribution in [0.2, 0.25) is 0 Å². The highest BCUT2D eigenvalue weighted by atomic mass is 79.9. The fourth-order valence-electron chi connectivity index (χ4n) is 2.50. The van der Waals surface area contributed by atoms with Crippen molar-refractivity contribution in [1.29, 1.82) is 0 Å². The van der Waals surface area contributed by atoms with Gasteiger partial charge < -0.3 is 15.1 Å². The Labute approximate surface area is 133 Å². The van der Waals surface area contributed by atoms with Gasteiger partial charge in [-0.3, -0.25) is 9.59 Å². The van der Waals surface area contributed by atoms with Crippen LogP contribution in [0.5, 0.6) is 0 Å². The molecule has 114 valence electrons. The van der Waals surface area contributed by atoms with Crippen LogP contribution in [-0.4, -0.2) is 43.9 Å². The fourth-order valence-corrected chi connectivity index (χ4v) is 3.00. The first-order valence-corrected chi connectivity index (χ1v) is 7.73. The lowest BCUT2D eigenvalue weighted by Crippen LogP contribution is -2.32. The Bertz CT molecular complexity index is 572. The van der Waals surface area contributed by atoms with E-state index in [0.717, 1.165) is 28.7 Å². The van der Waals surface area contributed by atoms with E-state index in [1.165, 1.54) is 6.92 Å². The van der Waals surface area contributed by atoms with Gasteiger partial charge in [-0.25, -0.2) is 0 Å². The number of amides is 2. The standard InChI is InChI=1S/C15H20BrN3O2/c1-10(20)17-13-9-12(16)8-11-4-7-19(15(11)13)14(21)5-6-18(2)3/h8-9H,4-7H2,1-3H3,(H,17,20). The normalized spacial score (nSPS) is 13.5. The van der Waals surface area contributed by atoms with Gasteiger partial charge >= 0.3 is 0 Å². The molecule has 21 heavy (non-hydrogen) atoms. The van der Waals surface area contributed by atoms with Crippen LogP contribution < -0.4 is 10.2 Å². The zero-order valence-corrected chi connectivity index (χ0v) is 14.2. The number of hydrogen-bond donors (Lipinski definition) is 1. The maximum atomic E-state index is 12.4.